The van der Waals surface area contributed by atoms with Crippen molar-refractivity contribution in [3.8, 4) is 23.3 Å². The van der Waals surface area contributed by atoms with E-state index in [2.05, 4.69) is 30.1 Å². The van der Waals surface area contributed by atoms with Crippen molar-refractivity contribution in [2.75, 3.05) is 0 Å². The lowest BCUT2D eigenvalue weighted by molar-refractivity contribution is 0.879. The van der Waals surface area contributed by atoms with Crippen molar-refractivity contribution in [3.63, 3.8) is 0 Å². The average molecular weight is 393 g/mol. The van der Waals surface area contributed by atoms with Gasteiger partial charge in [0.25, 0.3) is 0 Å². The molecule has 27 heavy (non-hydrogen) atoms. The molecule has 0 N–H and O–H groups in total. The quantitative estimate of drug-likeness (QED) is 0.521. The summed E-state index contributed by atoms with van der Waals surface area (Å²) in [6.45, 7) is 0. The van der Waals surface area contributed by atoms with Crippen LogP contribution in [-0.2, 0) is 0 Å². The lowest BCUT2D eigenvalue weighted by atomic mass is 10.3. The number of benzene rings is 1. The minimum absolute atomic E-state index is 0.249. The Hall–Kier alpha value is -3.35. The van der Waals surface area contributed by atoms with Crippen LogP contribution in [0.15, 0.2) is 65.4 Å². The first-order valence-electron chi connectivity index (χ1n) is 7.62. The second-order valence-electron chi connectivity index (χ2n) is 5.16. The maximum absolute atomic E-state index is 8.85. The van der Waals surface area contributed by atoms with E-state index in [4.69, 9.17) is 16.9 Å². The Kier molecular flexibility index (Phi) is 4.74. The van der Waals surface area contributed by atoms with Gasteiger partial charge in [0.2, 0.25) is 5.16 Å². The highest BCUT2D eigenvalue weighted by Crippen LogP contribution is 2.30. The van der Waals surface area contributed by atoms with Crippen LogP contribution < -0.4 is 0 Å². The minimum Gasteiger partial charge on any atom is -0.268 e. The molecule has 4 aromatic rings. The molecule has 3 aromatic heterocycles. The molecule has 0 unspecified atom stereocenters. The van der Waals surface area contributed by atoms with Gasteiger partial charge in [0.15, 0.2) is 11.5 Å². The van der Waals surface area contributed by atoms with Gasteiger partial charge >= 0.3 is 0 Å². The molecule has 0 radical (unpaired) electrons. The summed E-state index contributed by atoms with van der Waals surface area (Å²) < 4.78 is 1.84. The third-order valence-electron chi connectivity index (χ3n) is 3.45. The van der Waals surface area contributed by atoms with E-state index in [0.29, 0.717) is 26.7 Å². The van der Waals surface area contributed by atoms with Crippen molar-refractivity contribution in [1.82, 2.24) is 34.7 Å². The fourth-order valence-electron chi connectivity index (χ4n) is 2.26. The molecule has 0 aliphatic carbocycles. The Labute approximate surface area is 162 Å². The second-order valence-corrected chi connectivity index (χ2v) is 6.59. The van der Waals surface area contributed by atoms with Crippen LogP contribution in [0.2, 0.25) is 5.02 Å². The normalized spacial score (nSPS) is 10.5. The van der Waals surface area contributed by atoms with Crippen LogP contribution in [0.4, 0.5) is 0 Å². The van der Waals surface area contributed by atoms with E-state index in [9.17, 15) is 0 Å². The maximum atomic E-state index is 8.85. The third kappa shape index (κ3) is 3.62. The first kappa shape index (κ1) is 17.1. The first-order valence-corrected chi connectivity index (χ1v) is 8.82. The summed E-state index contributed by atoms with van der Waals surface area (Å²) in [6, 6.07) is 9.23. The smallest absolute Gasteiger partial charge is 0.202 e. The average Bonchev–Trinajstić information content (AvgIpc) is 3.13. The van der Waals surface area contributed by atoms with Crippen LogP contribution in [0.5, 0.6) is 0 Å². The largest absolute Gasteiger partial charge is 0.268 e. The Bertz CT molecular complexity index is 1100. The molecule has 8 nitrogen and oxygen atoms in total. The lowest BCUT2D eigenvalue weighted by Crippen LogP contribution is -2.01. The highest BCUT2D eigenvalue weighted by molar-refractivity contribution is 7.99. The van der Waals surface area contributed by atoms with Crippen LogP contribution in [0.3, 0.4) is 0 Å². The third-order valence-corrected chi connectivity index (χ3v) is 4.57. The molecule has 0 saturated carbocycles. The molecule has 0 atom stereocenters. The summed E-state index contributed by atoms with van der Waals surface area (Å²) in [5, 5.41) is 19.2. The van der Waals surface area contributed by atoms with Gasteiger partial charge in [-0.25, -0.2) is 15.0 Å². The van der Waals surface area contributed by atoms with E-state index in [-0.39, 0.29) is 5.69 Å². The molecule has 4 rings (SSSR count). The Morgan fingerprint density at radius 1 is 0.963 bits per heavy atom. The number of nitriles is 1. The molecular formula is C17H9ClN8S. The minimum atomic E-state index is 0.249. The predicted octanol–water partition coefficient (Wildman–Crippen LogP) is 3.19. The maximum Gasteiger partial charge on any atom is 0.202 e. The van der Waals surface area contributed by atoms with Gasteiger partial charge in [0.05, 0.1) is 18.6 Å². The predicted molar refractivity (Wildman–Crippen MR) is 98.3 cm³/mol. The van der Waals surface area contributed by atoms with Gasteiger partial charge in [0.1, 0.15) is 16.8 Å². The summed E-state index contributed by atoms with van der Waals surface area (Å²) in [4.78, 5) is 16.7. The first-order chi connectivity index (χ1) is 13.2. The monoisotopic (exact) mass is 392 g/mol. The fourth-order valence-corrected chi connectivity index (χ4v) is 3.15. The van der Waals surface area contributed by atoms with Crippen LogP contribution in [0.25, 0.3) is 17.2 Å². The zero-order valence-electron chi connectivity index (χ0n) is 13.6. The van der Waals surface area contributed by atoms with Crippen LogP contribution in [-0.4, -0.2) is 34.7 Å². The summed E-state index contributed by atoms with van der Waals surface area (Å²) in [7, 11) is 0. The SMILES string of the molecule is N#Cc1cnc(Sc2nnc(-c3cnccn3)n2-c2ccc(Cl)cc2)cn1. The lowest BCUT2D eigenvalue weighted by Gasteiger charge is -2.09. The Morgan fingerprint density at radius 3 is 2.48 bits per heavy atom. The van der Waals surface area contributed by atoms with E-state index in [1.165, 1.54) is 24.2 Å². The zero-order valence-corrected chi connectivity index (χ0v) is 15.1. The van der Waals surface area contributed by atoms with E-state index in [0.717, 1.165) is 5.69 Å². The zero-order chi connectivity index (χ0) is 18.6. The molecule has 0 aliphatic heterocycles. The van der Waals surface area contributed by atoms with Gasteiger partial charge in [-0.15, -0.1) is 10.2 Å². The molecule has 0 fully saturated rings. The number of hydrogen-bond donors (Lipinski definition) is 0. The van der Waals surface area contributed by atoms with Gasteiger partial charge in [-0.1, -0.05) is 11.6 Å². The number of nitrogens with zero attached hydrogens (tertiary/aromatic N) is 8. The van der Waals surface area contributed by atoms with Crippen LogP contribution in [0, 0.1) is 11.3 Å². The number of aromatic nitrogens is 7. The highest BCUT2D eigenvalue weighted by atomic mass is 35.5. The van der Waals surface area contributed by atoms with Gasteiger partial charge < -0.3 is 0 Å². The summed E-state index contributed by atoms with van der Waals surface area (Å²) in [5.74, 6) is 0.537. The van der Waals surface area contributed by atoms with Crippen molar-refractivity contribution >= 4 is 23.4 Å². The van der Waals surface area contributed by atoms with Crippen molar-refractivity contribution in [3.05, 3.63) is 66.0 Å². The highest BCUT2D eigenvalue weighted by Gasteiger charge is 2.18. The standard InChI is InChI=1S/C17H9ClN8S/c18-11-1-3-13(4-2-11)26-16(14-9-20-5-6-21-14)24-25-17(26)27-15-10-22-12(7-19)8-23-15/h1-6,8-10H. The fraction of sp³-hybridized carbons (Fsp3) is 0. The number of hydrogen-bond acceptors (Lipinski definition) is 8. The van der Waals surface area contributed by atoms with Gasteiger partial charge in [-0.2, -0.15) is 5.26 Å². The van der Waals surface area contributed by atoms with E-state index in [1.807, 2.05) is 22.8 Å². The van der Waals surface area contributed by atoms with Crippen LogP contribution in [0.1, 0.15) is 5.69 Å². The number of rotatable bonds is 4. The Balaban J connectivity index is 1.80. The van der Waals surface area contributed by atoms with Crippen molar-refractivity contribution in [2.45, 2.75) is 10.2 Å². The van der Waals surface area contributed by atoms with E-state index in [1.54, 1.807) is 30.7 Å². The Morgan fingerprint density at radius 2 is 1.81 bits per heavy atom. The van der Waals surface area contributed by atoms with Gasteiger partial charge in [-0.05, 0) is 36.0 Å². The van der Waals surface area contributed by atoms with Crippen molar-refractivity contribution in [2.24, 2.45) is 0 Å². The molecule has 0 saturated heterocycles. The molecule has 1 aromatic carbocycles. The summed E-state index contributed by atoms with van der Waals surface area (Å²) in [5.41, 5.74) is 1.64. The van der Waals surface area contributed by atoms with E-state index < -0.39 is 0 Å². The van der Waals surface area contributed by atoms with Crippen molar-refractivity contribution in [1.29, 1.82) is 5.26 Å². The molecule has 0 bridgehead atoms. The molecule has 0 spiro atoms. The van der Waals surface area contributed by atoms with Crippen LogP contribution >= 0.6 is 23.4 Å². The molecule has 0 aliphatic rings. The molecule has 3 heterocycles. The van der Waals surface area contributed by atoms with Gasteiger partial charge in [-0.3, -0.25) is 9.55 Å². The molecular weight excluding hydrogens is 384 g/mol. The molecule has 10 heteroatoms. The van der Waals surface area contributed by atoms with Crippen molar-refractivity contribution < 1.29 is 0 Å². The topological polar surface area (TPSA) is 106 Å². The van der Waals surface area contributed by atoms with E-state index >= 15 is 0 Å². The number of halogens is 1. The molecule has 0 amide bonds. The second kappa shape index (κ2) is 7.49. The molecule has 130 valence electrons. The summed E-state index contributed by atoms with van der Waals surface area (Å²) in [6.07, 6.45) is 7.73. The van der Waals surface area contributed by atoms with Gasteiger partial charge in [0, 0.05) is 23.1 Å². The summed E-state index contributed by atoms with van der Waals surface area (Å²) >= 11 is 7.29.